The maximum atomic E-state index is 10.7. The van der Waals surface area contributed by atoms with E-state index in [9.17, 15) is 8.78 Å². The van der Waals surface area contributed by atoms with Crippen LogP contribution in [-0.2, 0) is 4.79 Å². The number of carbonyl (C=O) groups excluding carboxylic acids is 1. The molecule has 0 aromatic rings. The van der Waals surface area contributed by atoms with E-state index in [1.807, 2.05) is 0 Å². The summed E-state index contributed by atoms with van der Waals surface area (Å²) in [5.74, 6) is -2.78. The monoisotopic (exact) mass is 118 g/mol. The molecule has 0 spiro atoms. The first-order valence-corrected chi connectivity index (χ1v) is 1.26. The number of hydrogen-bond acceptors (Lipinski definition) is 3. The quantitative estimate of drug-likeness (QED) is 0.352. The van der Waals surface area contributed by atoms with Gasteiger partial charge in [0.2, 0.25) is 0 Å². The minimum Gasteiger partial charge on any atom is -0.542 e. The molecule has 0 aliphatic heterocycles. The van der Waals surface area contributed by atoms with Gasteiger partial charge in [0.15, 0.2) is 0 Å². The molecule has 0 radical (unpaired) electrons. The van der Waals surface area contributed by atoms with Crippen LogP contribution in [0.15, 0.2) is 0 Å². The number of hydrogen-bond donors (Lipinski definition) is 1. The van der Waals surface area contributed by atoms with Crippen LogP contribution in [0.3, 0.4) is 0 Å². The fraction of sp³-hybridized carbons (Fsp3) is 0.500. The van der Waals surface area contributed by atoms with Crippen LogP contribution in [0.2, 0.25) is 0 Å². The molecule has 8 heavy (non-hydrogen) atoms. The molecule has 0 amide bonds. The molecule has 0 saturated carbocycles. The largest absolute Gasteiger partial charge is 1.00 e. The van der Waals surface area contributed by atoms with Gasteiger partial charge in [0.1, 0.15) is 5.97 Å². The van der Waals surface area contributed by atoms with Crippen molar-refractivity contribution in [2.75, 3.05) is 0 Å². The van der Waals surface area contributed by atoms with E-state index < -0.39 is 12.1 Å². The number of aliphatic hydroxyl groups is 1. The van der Waals surface area contributed by atoms with Crippen molar-refractivity contribution in [3.8, 4) is 0 Å². The van der Waals surface area contributed by atoms with E-state index in [0.29, 0.717) is 0 Å². The Morgan fingerprint density at radius 1 is 1.62 bits per heavy atom. The second kappa shape index (κ2) is 3.02. The third-order valence-corrected chi connectivity index (χ3v) is 0.246. The van der Waals surface area contributed by atoms with E-state index in [0.717, 1.165) is 0 Å². The number of rotatable bonds is 1. The predicted molar refractivity (Wildman–Crippen MR) is 12.2 cm³/mol. The second-order valence-corrected chi connectivity index (χ2v) is 0.829. The van der Waals surface area contributed by atoms with Gasteiger partial charge in [-0.15, -0.1) is 0 Å². The maximum Gasteiger partial charge on any atom is 1.00 e. The second-order valence-electron chi connectivity index (χ2n) is 0.829. The fourth-order valence-corrected chi connectivity index (χ4v) is 0. The Bertz CT molecular complexity index is 87.8. The van der Waals surface area contributed by atoms with Crippen LogP contribution in [0.1, 0.15) is 0 Å². The Morgan fingerprint density at radius 3 is 1.75 bits per heavy atom. The normalized spacial score (nSPS) is 9.88. The van der Waals surface area contributed by atoms with Crippen LogP contribution in [-0.4, -0.2) is 17.2 Å². The van der Waals surface area contributed by atoms with Gasteiger partial charge in [0, 0.05) is 0 Å². The van der Waals surface area contributed by atoms with E-state index in [4.69, 9.17) is 15.0 Å². The Balaban J connectivity index is 0. The number of alkyl halides is 2. The van der Waals surface area contributed by atoms with Crippen LogP contribution in [0.25, 0.3) is 0 Å². The van der Waals surface area contributed by atoms with Crippen molar-refractivity contribution in [2.24, 2.45) is 0 Å². The first kappa shape index (κ1) is 10.8. The smallest absolute Gasteiger partial charge is 0.542 e. The fourth-order valence-electron chi connectivity index (χ4n) is 0. The van der Waals surface area contributed by atoms with Gasteiger partial charge in [0.05, 0.1) is 0 Å². The van der Waals surface area contributed by atoms with Crippen molar-refractivity contribution in [2.45, 2.75) is 6.11 Å². The van der Waals surface area contributed by atoms with Gasteiger partial charge >= 0.3 is 25.0 Å². The number of carboxylic acid groups (broad SMARTS) is 1. The van der Waals surface area contributed by atoms with Gasteiger partial charge in [-0.05, 0) is 0 Å². The molecule has 3 nitrogen and oxygen atoms in total. The van der Waals surface area contributed by atoms with Gasteiger partial charge in [-0.25, -0.2) is 0 Å². The molecular formula is C2HF2LiO3. The molecule has 0 aromatic carbocycles. The molecule has 0 aliphatic rings. The average Bonchev–Trinajstić information content (AvgIpc) is 1.31. The number of carboxylic acids is 1. The van der Waals surface area contributed by atoms with Crippen molar-refractivity contribution < 1.29 is 42.6 Å². The Hall–Kier alpha value is -0.113. The van der Waals surface area contributed by atoms with Crippen molar-refractivity contribution >= 4 is 5.97 Å². The molecule has 0 heterocycles. The first-order chi connectivity index (χ1) is 2.94. The number of halogens is 2. The summed E-state index contributed by atoms with van der Waals surface area (Å²) in [6.07, 6.45) is -4.69. The molecule has 0 rings (SSSR count). The van der Waals surface area contributed by atoms with Crippen LogP contribution in [0.5, 0.6) is 0 Å². The summed E-state index contributed by atoms with van der Waals surface area (Å²) < 4.78 is 21.5. The molecule has 0 bridgehead atoms. The van der Waals surface area contributed by atoms with Gasteiger partial charge in [-0.3, -0.25) is 0 Å². The van der Waals surface area contributed by atoms with Gasteiger partial charge in [0.25, 0.3) is 0 Å². The third-order valence-electron chi connectivity index (χ3n) is 0.246. The summed E-state index contributed by atoms with van der Waals surface area (Å²) in [4.78, 5) is 8.91. The molecule has 0 saturated heterocycles. The Morgan fingerprint density at radius 2 is 1.75 bits per heavy atom. The number of aliphatic carboxylic acids is 1. The standard InChI is InChI=1S/C2H2F2O3.Li/c3-2(4,7)1(5)6;/h7H,(H,5,6);/q;+1/p-1. The summed E-state index contributed by atoms with van der Waals surface area (Å²) >= 11 is 0. The summed E-state index contributed by atoms with van der Waals surface area (Å²) in [6, 6.07) is 0. The van der Waals surface area contributed by atoms with Crippen LogP contribution >= 0.6 is 0 Å². The van der Waals surface area contributed by atoms with Gasteiger partial charge in [-0.1, -0.05) is 0 Å². The molecule has 0 fully saturated rings. The molecule has 6 heteroatoms. The summed E-state index contributed by atoms with van der Waals surface area (Å²) in [5, 5.41) is 16.0. The van der Waals surface area contributed by atoms with Gasteiger partial charge < -0.3 is 15.0 Å². The van der Waals surface area contributed by atoms with Gasteiger partial charge in [-0.2, -0.15) is 8.78 Å². The first-order valence-electron chi connectivity index (χ1n) is 1.26. The zero-order valence-electron chi connectivity index (χ0n) is 4.02. The van der Waals surface area contributed by atoms with Crippen LogP contribution < -0.4 is 24.0 Å². The summed E-state index contributed by atoms with van der Waals surface area (Å²) in [6.45, 7) is 0. The van der Waals surface area contributed by atoms with E-state index in [2.05, 4.69) is 0 Å². The minimum atomic E-state index is -4.69. The predicted octanol–water partition coefficient (Wildman–Crippen LogP) is -4.67. The molecule has 0 aromatic heterocycles. The van der Waals surface area contributed by atoms with Crippen molar-refractivity contribution in [1.82, 2.24) is 0 Å². The average molecular weight is 118 g/mol. The Kier molecular flexibility index (Phi) is 4.08. The Labute approximate surface area is 55.5 Å². The molecule has 1 N–H and O–H groups in total. The van der Waals surface area contributed by atoms with Crippen LogP contribution in [0, 0.1) is 0 Å². The third kappa shape index (κ3) is 4.06. The molecule has 0 aliphatic carbocycles. The van der Waals surface area contributed by atoms with Crippen LogP contribution in [0.4, 0.5) is 8.78 Å². The zero-order valence-corrected chi connectivity index (χ0v) is 4.02. The zero-order chi connectivity index (χ0) is 6.08. The topological polar surface area (TPSA) is 60.4 Å². The summed E-state index contributed by atoms with van der Waals surface area (Å²) in [5.41, 5.74) is 0. The van der Waals surface area contributed by atoms with Crippen molar-refractivity contribution in [3.05, 3.63) is 0 Å². The van der Waals surface area contributed by atoms with Crippen molar-refractivity contribution in [1.29, 1.82) is 0 Å². The summed E-state index contributed by atoms with van der Waals surface area (Å²) in [7, 11) is 0. The molecule has 0 unspecified atom stereocenters. The molecule has 0 atom stereocenters. The van der Waals surface area contributed by atoms with E-state index in [-0.39, 0.29) is 18.9 Å². The minimum absolute atomic E-state index is 0. The SMILES string of the molecule is O=C([O-])C(O)(F)F.[Li+]. The van der Waals surface area contributed by atoms with Crippen molar-refractivity contribution in [3.63, 3.8) is 0 Å². The van der Waals surface area contributed by atoms with E-state index >= 15 is 0 Å². The maximum absolute atomic E-state index is 10.7. The van der Waals surface area contributed by atoms with E-state index in [1.54, 1.807) is 0 Å². The van der Waals surface area contributed by atoms with E-state index in [1.165, 1.54) is 0 Å². The number of carbonyl (C=O) groups is 1. The molecular weight excluding hydrogens is 117 g/mol. The molecule has 42 valence electrons.